The molecule has 1 atom stereocenters. The minimum Gasteiger partial charge on any atom is -0.375 e. The Morgan fingerprint density at radius 3 is 2.81 bits per heavy atom. The zero-order valence-electron chi connectivity index (χ0n) is 12.7. The molecule has 6 nitrogen and oxygen atoms in total. The van der Waals surface area contributed by atoms with Gasteiger partial charge in [-0.25, -0.2) is 4.98 Å². The van der Waals surface area contributed by atoms with Crippen LogP contribution in [0.3, 0.4) is 0 Å². The summed E-state index contributed by atoms with van der Waals surface area (Å²) in [6.07, 6.45) is 5.17. The second kappa shape index (κ2) is 6.87. The zero-order valence-corrected chi connectivity index (χ0v) is 12.7. The Labute approximate surface area is 125 Å². The number of hydrogen-bond acceptors (Lipinski definition) is 5. The lowest BCUT2D eigenvalue weighted by atomic mass is 9.86. The number of carbonyl (C=O) groups excluding carboxylic acids is 1. The van der Waals surface area contributed by atoms with Crippen LogP contribution in [0.25, 0.3) is 0 Å². The molecule has 1 aromatic rings. The van der Waals surface area contributed by atoms with Gasteiger partial charge in [-0.2, -0.15) is 0 Å². The van der Waals surface area contributed by atoms with Crippen LogP contribution < -0.4 is 16.6 Å². The molecule has 1 amide bonds. The maximum atomic E-state index is 12.2. The number of amides is 1. The number of nitrogens with two attached hydrogens (primary N) is 1. The Kier molecular flexibility index (Phi) is 5.14. The van der Waals surface area contributed by atoms with Crippen LogP contribution >= 0.6 is 0 Å². The number of hydrazine groups is 1. The predicted octanol–water partition coefficient (Wildman–Crippen LogP) is 1.83. The van der Waals surface area contributed by atoms with Crippen molar-refractivity contribution in [1.29, 1.82) is 0 Å². The number of anilines is 1. The number of carbonyl (C=O) groups is 1. The number of ether oxygens (including phenoxy) is 1. The number of hydrogen-bond donors (Lipinski definition) is 3. The smallest absolute Gasteiger partial charge is 0.270 e. The van der Waals surface area contributed by atoms with Crippen molar-refractivity contribution in [3.05, 3.63) is 24.0 Å². The molecule has 0 aliphatic carbocycles. The maximum Gasteiger partial charge on any atom is 0.270 e. The zero-order chi connectivity index (χ0) is 15.3. The van der Waals surface area contributed by atoms with Crippen molar-refractivity contribution in [3.63, 3.8) is 0 Å². The van der Waals surface area contributed by atoms with Crippen molar-refractivity contribution in [2.45, 2.75) is 51.2 Å². The van der Waals surface area contributed by atoms with Crippen LogP contribution in [0.15, 0.2) is 18.3 Å². The molecular weight excluding hydrogens is 268 g/mol. The number of pyridine rings is 1. The second-order valence-corrected chi connectivity index (χ2v) is 5.48. The van der Waals surface area contributed by atoms with Crippen LogP contribution in [0.2, 0.25) is 0 Å². The van der Waals surface area contributed by atoms with Crippen LogP contribution in [-0.4, -0.2) is 29.1 Å². The van der Waals surface area contributed by atoms with Gasteiger partial charge in [-0.05, 0) is 37.8 Å². The van der Waals surface area contributed by atoms with E-state index < -0.39 is 0 Å². The first kappa shape index (κ1) is 15.7. The summed E-state index contributed by atoms with van der Waals surface area (Å²) in [6.45, 7) is 4.96. The first-order chi connectivity index (χ1) is 10.1. The van der Waals surface area contributed by atoms with Crippen molar-refractivity contribution in [3.8, 4) is 0 Å². The highest BCUT2D eigenvalue weighted by Crippen LogP contribution is 2.31. The van der Waals surface area contributed by atoms with Gasteiger partial charge in [0.05, 0.1) is 17.5 Å². The summed E-state index contributed by atoms with van der Waals surface area (Å²) in [6, 6.07) is 3.53. The van der Waals surface area contributed by atoms with Gasteiger partial charge >= 0.3 is 0 Å². The van der Waals surface area contributed by atoms with E-state index in [-0.39, 0.29) is 17.6 Å². The molecule has 2 rings (SSSR count). The summed E-state index contributed by atoms with van der Waals surface area (Å²) in [5.74, 6) is 5.13. The average Bonchev–Trinajstić information content (AvgIpc) is 2.55. The lowest BCUT2D eigenvalue weighted by Crippen LogP contribution is -2.48. The van der Waals surface area contributed by atoms with E-state index in [2.05, 4.69) is 29.6 Å². The molecule has 2 heterocycles. The Bertz CT molecular complexity index is 471. The average molecular weight is 292 g/mol. The summed E-state index contributed by atoms with van der Waals surface area (Å²) in [7, 11) is 0. The number of nitrogens with zero attached hydrogens (tertiary/aromatic N) is 1. The third-order valence-corrected chi connectivity index (χ3v) is 4.28. The SMILES string of the molecule is CCC1(CC)CC(NC(=O)c2ccc(NN)cn2)CCO1. The minimum absolute atomic E-state index is 0.100. The first-order valence-corrected chi connectivity index (χ1v) is 7.50. The van der Waals surface area contributed by atoms with Crippen molar-refractivity contribution in [1.82, 2.24) is 10.3 Å². The lowest BCUT2D eigenvalue weighted by Gasteiger charge is -2.40. The summed E-state index contributed by atoms with van der Waals surface area (Å²) in [5, 5.41) is 3.06. The summed E-state index contributed by atoms with van der Waals surface area (Å²) < 4.78 is 5.92. The normalized spacial score (nSPS) is 20.8. The Morgan fingerprint density at radius 2 is 2.24 bits per heavy atom. The molecule has 0 radical (unpaired) electrons. The van der Waals surface area contributed by atoms with Gasteiger partial charge in [0.1, 0.15) is 5.69 Å². The molecule has 1 aliphatic heterocycles. The highest BCUT2D eigenvalue weighted by Gasteiger charge is 2.35. The first-order valence-electron chi connectivity index (χ1n) is 7.50. The molecule has 1 aromatic heterocycles. The third-order valence-electron chi connectivity index (χ3n) is 4.28. The molecule has 0 saturated carbocycles. The lowest BCUT2D eigenvalue weighted by molar-refractivity contribution is -0.0917. The second-order valence-electron chi connectivity index (χ2n) is 5.48. The van der Waals surface area contributed by atoms with E-state index >= 15 is 0 Å². The van der Waals surface area contributed by atoms with E-state index in [4.69, 9.17) is 10.6 Å². The van der Waals surface area contributed by atoms with Gasteiger partial charge in [-0.3, -0.25) is 10.6 Å². The Morgan fingerprint density at radius 1 is 1.48 bits per heavy atom. The molecule has 0 bridgehead atoms. The van der Waals surface area contributed by atoms with Crippen LogP contribution in [0.1, 0.15) is 50.0 Å². The molecule has 1 aliphatic rings. The van der Waals surface area contributed by atoms with Crippen molar-refractivity contribution < 1.29 is 9.53 Å². The van der Waals surface area contributed by atoms with Crippen LogP contribution in [0, 0.1) is 0 Å². The molecule has 6 heteroatoms. The molecule has 4 N–H and O–H groups in total. The highest BCUT2D eigenvalue weighted by molar-refractivity contribution is 5.92. The quantitative estimate of drug-likeness (QED) is 0.569. The molecule has 1 unspecified atom stereocenters. The van der Waals surface area contributed by atoms with E-state index in [0.717, 1.165) is 25.7 Å². The van der Waals surface area contributed by atoms with Crippen LogP contribution in [0.5, 0.6) is 0 Å². The van der Waals surface area contributed by atoms with Gasteiger partial charge in [0.25, 0.3) is 5.91 Å². The molecule has 21 heavy (non-hydrogen) atoms. The maximum absolute atomic E-state index is 12.2. The Balaban J connectivity index is 1.98. The van der Waals surface area contributed by atoms with E-state index in [1.807, 2.05) is 0 Å². The van der Waals surface area contributed by atoms with Crippen LogP contribution in [0.4, 0.5) is 5.69 Å². The van der Waals surface area contributed by atoms with Gasteiger partial charge in [0.15, 0.2) is 0 Å². The van der Waals surface area contributed by atoms with Crippen molar-refractivity contribution in [2.24, 2.45) is 5.84 Å². The fraction of sp³-hybridized carbons (Fsp3) is 0.600. The molecule has 1 fully saturated rings. The predicted molar refractivity (Wildman–Crippen MR) is 81.8 cm³/mol. The van der Waals surface area contributed by atoms with E-state index in [9.17, 15) is 4.79 Å². The third kappa shape index (κ3) is 3.71. The standard InChI is InChI=1S/C15H24N4O2/c1-3-15(4-2)9-11(7-8-21-15)18-14(20)13-6-5-12(19-16)10-17-13/h5-6,10-11,19H,3-4,7-9,16H2,1-2H3,(H,18,20). The van der Waals surface area contributed by atoms with Crippen LogP contribution in [-0.2, 0) is 4.74 Å². The Hall–Kier alpha value is -1.66. The molecule has 0 spiro atoms. The fourth-order valence-electron chi connectivity index (χ4n) is 2.77. The van der Waals surface area contributed by atoms with Gasteiger partial charge in [-0.1, -0.05) is 13.8 Å². The summed E-state index contributed by atoms with van der Waals surface area (Å²) >= 11 is 0. The largest absolute Gasteiger partial charge is 0.375 e. The van der Waals surface area contributed by atoms with E-state index in [1.54, 1.807) is 18.3 Å². The number of rotatable bonds is 5. The topological polar surface area (TPSA) is 89.3 Å². The molecular formula is C15H24N4O2. The van der Waals surface area contributed by atoms with Gasteiger partial charge in [0, 0.05) is 12.6 Å². The van der Waals surface area contributed by atoms with Gasteiger partial charge < -0.3 is 15.5 Å². The van der Waals surface area contributed by atoms with Crippen molar-refractivity contribution in [2.75, 3.05) is 12.0 Å². The van der Waals surface area contributed by atoms with E-state index in [0.29, 0.717) is 18.0 Å². The fourth-order valence-corrected chi connectivity index (χ4v) is 2.77. The number of nitrogens with one attached hydrogen (secondary N) is 2. The number of nitrogen functional groups attached to an aromatic ring is 1. The summed E-state index contributed by atoms with van der Waals surface area (Å²) in [5.41, 5.74) is 3.47. The summed E-state index contributed by atoms with van der Waals surface area (Å²) in [4.78, 5) is 16.3. The molecule has 116 valence electrons. The van der Waals surface area contributed by atoms with Gasteiger partial charge in [0.2, 0.25) is 0 Å². The molecule has 0 aromatic carbocycles. The molecule has 1 saturated heterocycles. The highest BCUT2D eigenvalue weighted by atomic mass is 16.5. The number of aromatic nitrogens is 1. The van der Waals surface area contributed by atoms with Gasteiger partial charge in [-0.15, -0.1) is 0 Å². The monoisotopic (exact) mass is 292 g/mol. The van der Waals surface area contributed by atoms with Crippen molar-refractivity contribution >= 4 is 11.6 Å². The minimum atomic E-state index is -0.147. The van der Waals surface area contributed by atoms with E-state index in [1.165, 1.54) is 0 Å².